The molecular weight excluding hydrogens is 438 g/mol. The quantitative estimate of drug-likeness (QED) is 0.292. The molecule has 1 aliphatic rings. The molecule has 0 atom stereocenters. The van der Waals surface area contributed by atoms with E-state index in [0.29, 0.717) is 12.3 Å². The first-order chi connectivity index (χ1) is 17.0. The number of nitrogens with zero attached hydrogens (tertiary/aromatic N) is 2. The van der Waals surface area contributed by atoms with Gasteiger partial charge in [-0.05, 0) is 73.5 Å². The highest BCUT2D eigenvalue weighted by Crippen LogP contribution is 2.27. The van der Waals surface area contributed by atoms with Crippen molar-refractivity contribution in [3.63, 3.8) is 0 Å². The minimum atomic E-state index is -0.452. The maximum absolute atomic E-state index is 12.9. The van der Waals surface area contributed by atoms with Crippen LogP contribution in [0.5, 0.6) is 5.75 Å². The van der Waals surface area contributed by atoms with Crippen LogP contribution >= 0.6 is 0 Å². The fourth-order valence-corrected chi connectivity index (χ4v) is 4.27. The second-order valence-electron chi connectivity index (χ2n) is 8.39. The number of imide groups is 1. The molecule has 35 heavy (non-hydrogen) atoms. The number of carbonyl (C=O) groups is 2. The molecule has 1 aliphatic heterocycles. The summed E-state index contributed by atoms with van der Waals surface area (Å²) in [6, 6.07) is 28.4. The maximum Gasteiger partial charge on any atom is 0.333 e. The molecule has 0 radical (unpaired) electrons. The highest BCUT2D eigenvalue weighted by molar-refractivity contribution is 6.28. The molecule has 1 fully saturated rings. The van der Waals surface area contributed by atoms with Gasteiger partial charge in [0.15, 0.2) is 0 Å². The van der Waals surface area contributed by atoms with E-state index >= 15 is 0 Å². The Morgan fingerprint density at radius 3 is 2.17 bits per heavy atom. The van der Waals surface area contributed by atoms with Crippen LogP contribution in [0.1, 0.15) is 22.5 Å². The Hall–Kier alpha value is -4.58. The molecule has 6 nitrogen and oxygen atoms in total. The molecule has 6 heteroatoms. The smallest absolute Gasteiger partial charge is 0.333 e. The largest absolute Gasteiger partial charge is 0.489 e. The van der Waals surface area contributed by atoms with Crippen molar-refractivity contribution >= 4 is 23.7 Å². The number of rotatable bonds is 6. The number of ether oxygens (including phenoxy) is 1. The van der Waals surface area contributed by atoms with Gasteiger partial charge < -0.3 is 14.6 Å². The zero-order chi connectivity index (χ0) is 24.4. The topological polar surface area (TPSA) is 63.6 Å². The lowest BCUT2D eigenvalue weighted by Crippen LogP contribution is -2.30. The number of aryl methyl sites for hydroxylation is 1. The normalized spacial score (nSPS) is 14.5. The van der Waals surface area contributed by atoms with Crippen molar-refractivity contribution in [1.82, 2.24) is 9.88 Å². The van der Waals surface area contributed by atoms with Gasteiger partial charge in [-0.15, -0.1) is 0 Å². The van der Waals surface area contributed by atoms with Crippen LogP contribution in [-0.4, -0.2) is 16.5 Å². The predicted octanol–water partition coefficient (Wildman–Crippen LogP) is 5.77. The van der Waals surface area contributed by atoms with Gasteiger partial charge in [0.25, 0.3) is 5.91 Å². The Morgan fingerprint density at radius 2 is 1.49 bits per heavy atom. The lowest BCUT2D eigenvalue weighted by atomic mass is 10.2. The zero-order valence-corrected chi connectivity index (χ0v) is 19.6. The third-order valence-electron chi connectivity index (χ3n) is 6.01. The molecule has 1 saturated heterocycles. The van der Waals surface area contributed by atoms with Crippen LogP contribution in [-0.2, 0) is 11.4 Å². The summed E-state index contributed by atoms with van der Waals surface area (Å²) in [5, 5.41) is 2.70. The molecule has 0 saturated carbocycles. The summed E-state index contributed by atoms with van der Waals surface area (Å²) in [4.78, 5) is 26.6. The number of urea groups is 1. The number of nitrogens with one attached hydrogen (secondary N) is 1. The summed E-state index contributed by atoms with van der Waals surface area (Å²) in [6.07, 6.45) is 1.74. The van der Waals surface area contributed by atoms with E-state index in [0.717, 1.165) is 38.9 Å². The molecule has 174 valence electrons. The minimum Gasteiger partial charge on any atom is -0.489 e. The van der Waals surface area contributed by atoms with Gasteiger partial charge in [0.2, 0.25) is 0 Å². The molecular formula is C29H25N3O3. The van der Waals surface area contributed by atoms with Gasteiger partial charge in [-0.25, -0.2) is 9.69 Å². The van der Waals surface area contributed by atoms with E-state index in [1.54, 1.807) is 30.3 Å². The monoisotopic (exact) mass is 463 g/mol. The van der Waals surface area contributed by atoms with Crippen molar-refractivity contribution in [3.05, 3.63) is 119 Å². The first-order valence-corrected chi connectivity index (χ1v) is 11.4. The molecule has 1 N–H and O–H groups in total. The number of hydrogen-bond acceptors (Lipinski definition) is 3. The van der Waals surface area contributed by atoms with E-state index in [9.17, 15) is 9.59 Å². The van der Waals surface area contributed by atoms with Gasteiger partial charge in [-0.1, -0.05) is 48.5 Å². The second-order valence-corrected chi connectivity index (χ2v) is 8.39. The van der Waals surface area contributed by atoms with Gasteiger partial charge >= 0.3 is 6.03 Å². The van der Waals surface area contributed by atoms with E-state index in [4.69, 9.17) is 4.74 Å². The lowest BCUT2D eigenvalue weighted by Gasteiger charge is -2.12. The third-order valence-corrected chi connectivity index (χ3v) is 6.01. The Bertz CT molecular complexity index is 1410. The lowest BCUT2D eigenvalue weighted by molar-refractivity contribution is -0.113. The number of anilines is 1. The third kappa shape index (κ3) is 4.46. The van der Waals surface area contributed by atoms with Gasteiger partial charge in [0, 0.05) is 17.1 Å². The highest BCUT2D eigenvalue weighted by atomic mass is 16.5. The molecule has 0 spiro atoms. The van der Waals surface area contributed by atoms with E-state index < -0.39 is 6.03 Å². The minimum absolute atomic E-state index is 0.253. The molecule has 4 aromatic rings. The number of aromatic nitrogens is 1. The van der Waals surface area contributed by atoms with E-state index in [1.165, 1.54) is 0 Å². The van der Waals surface area contributed by atoms with Crippen molar-refractivity contribution in [1.29, 1.82) is 0 Å². The molecule has 3 aromatic carbocycles. The van der Waals surface area contributed by atoms with Crippen LogP contribution < -0.4 is 15.0 Å². The van der Waals surface area contributed by atoms with Crippen molar-refractivity contribution in [2.75, 3.05) is 4.90 Å². The molecule has 0 bridgehead atoms. The fourth-order valence-electron chi connectivity index (χ4n) is 4.27. The van der Waals surface area contributed by atoms with Crippen LogP contribution in [0.4, 0.5) is 10.5 Å². The van der Waals surface area contributed by atoms with Crippen LogP contribution in [0.15, 0.2) is 96.7 Å². The Balaban J connectivity index is 1.36. The fraction of sp³-hybridized carbons (Fsp3) is 0.103. The van der Waals surface area contributed by atoms with Crippen LogP contribution in [0.25, 0.3) is 11.8 Å². The summed E-state index contributed by atoms with van der Waals surface area (Å²) in [5.41, 5.74) is 5.75. The van der Waals surface area contributed by atoms with Gasteiger partial charge in [-0.2, -0.15) is 0 Å². The second kappa shape index (κ2) is 9.35. The number of amides is 3. The van der Waals surface area contributed by atoms with E-state index in [1.807, 2.05) is 80.6 Å². The van der Waals surface area contributed by atoms with Crippen molar-refractivity contribution in [3.8, 4) is 11.4 Å². The number of carbonyl (C=O) groups excluding carboxylic acids is 2. The number of benzene rings is 3. The van der Waals surface area contributed by atoms with Gasteiger partial charge in [-0.3, -0.25) is 4.79 Å². The number of hydrogen-bond donors (Lipinski definition) is 1. The predicted molar refractivity (Wildman–Crippen MR) is 136 cm³/mol. The summed E-state index contributed by atoms with van der Waals surface area (Å²) in [5.74, 6) is 0.425. The van der Waals surface area contributed by atoms with Gasteiger partial charge in [0.1, 0.15) is 18.1 Å². The maximum atomic E-state index is 12.9. The highest BCUT2D eigenvalue weighted by Gasteiger charge is 2.34. The number of para-hydroxylation sites is 1. The average molecular weight is 464 g/mol. The Morgan fingerprint density at radius 1 is 0.829 bits per heavy atom. The molecule has 0 unspecified atom stereocenters. The summed E-state index contributed by atoms with van der Waals surface area (Å²) < 4.78 is 8.02. The Kier molecular flexibility index (Phi) is 5.94. The molecule has 3 amide bonds. The van der Waals surface area contributed by atoms with Gasteiger partial charge in [0.05, 0.1) is 5.69 Å². The summed E-state index contributed by atoms with van der Waals surface area (Å²) in [6.45, 7) is 4.52. The van der Waals surface area contributed by atoms with Crippen LogP contribution in [0, 0.1) is 13.8 Å². The van der Waals surface area contributed by atoms with Crippen LogP contribution in [0.3, 0.4) is 0 Å². The standard InChI is InChI=1S/C29H25N3O3/c1-20-17-23(18-27-28(33)32(29(34)30-27)24-11-7-4-8-12-24)21(2)31(20)25-13-15-26(16-14-25)35-19-22-9-5-3-6-10-22/h3-18H,19H2,1-2H3,(H,30,34)/b27-18+. The average Bonchev–Trinajstić information content (AvgIpc) is 3.32. The van der Waals surface area contributed by atoms with Crippen LogP contribution in [0.2, 0.25) is 0 Å². The summed E-state index contributed by atoms with van der Waals surface area (Å²) in [7, 11) is 0. The molecule has 0 aliphatic carbocycles. The summed E-state index contributed by atoms with van der Waals surface area (Å²) >= 11 is 0. The molecule has 2 heterocycles. The van der Waals surface area contributed by atoms with E-state index in [-0.39, 0.29) is 11.6 Å². The first kappa shape index (κ1) is 22.2. The molecule has 1 aromatic heterocycles. The SMILES string of the molecule is Cc1cc(/C=C2/NC(=O)N(c3ccccc3)C2=O)c(C)n1-c1ccc(OCc2ccccc2)cc1. The Labute approximate surface area is 204 Å². The van der Waals surface area contributed by atoms with E-state index in [2.05, 4.69) is 9.88 Å². The molecule has 5 rings (SSSR count). The first-order valence-electron chi connectivity index (χ1n) is 11.4. The van der Waals surface area contributed by atoms with Crippen molar-refractivity contribution in [2.45, 2.75) is 20.5 Å². The zero-order valence-electron chi connectivity index (χ0n) is 19.6. The van der Waals surface area contributed by atoms with Crippen molar-refractivity contribution < 1.29 is 14.3 Å². The van der Waals surface area contributed by atoms with Crippen molar-refractivity contribution in [2.24, 2.45) is 0 Å².